The molecule has 0 bridgehead atoms. The quantitative estimate of drug-likeness (QED) is 0.705. The third-order valence-electron chi connectivity index (χ3n) is 3.38. The van der Waals surface area contributed by atoms with Crippen LogP contribution >= 0.6 is 0 Å². The number of nitrogens with one attached hydrogen (secondary N) is 1. The number of carbonyl (C=O) groups is 1. The van der Waals surface area contributed by atoms with Gasteiger partial charge in [0, 0.05) is 25.7 Å². The van der Waals surface area contributed by atoms with Gasteiger partial charge in [0.2, 0.25) is 0 Å². The summed E-state index contributed by atoms with van der Waals surface area (Å²) in [5.41, 5.74) is -0.521. The molecule has 0 aliphatic carbocycles. The van der Waals surface area contributed by atoms with E-state index in [9.17, 15) is 9.90 Å². The first-order valence-electron chi connectivity index (χ1n) is 7.22. The summed E-state index contributed by atoms with van der Waals surface area (Å²) in [6.07, 6.45) is -0.143. The molecule has 6 nitrogen and oxygen atoms in total. The van der Waals surface area contributed by atoms with Crippen LogP contribution in [0.25, 0.3) is 0 Å². The average Bonchev–Trinajstić information content (AvgIpc) is 2.26. The van der Waals surface area contributed by atoms with Crippen LogP contribution in [-0.2, 0) is 4.74 Å². The van der Waals surface area contributed by atoms with Crippen LogP contribution in [0.3, 0.4) is 0 Å². The molecule has 3 unspecified atom stereocenters. The molecule has 20 heavy (non-hydrogen) atoms. The Bertz CT molecular complexity index is 315. The molecule has 3 atom stereocenters. The van der Waals surface area contributed by atoms with Crippen LogP contribution in [0.1, 0.15) is 34.1 Å². The number of rotatable bonds is 4. The Morgan fingerprint density at radius 3 is 2.60 bits per heavy atom. The van der Waals surface area contributed by atoms with E-state index in [1.165, 1.54) is 0 Å². The summed E-state index contributed by atoms with van der Waals surface area (Å²) in [5, 5.41) is 21.7. The highest BCUT2D eigenvalue weighted by atomic mass is 16.6. The van der Waals surface area contributed by atoms with Crippen LogP contribution in [0, 0.1) is 5.92 Å². The summed E-state index contributed by atoms with van der Waals surface area (Å²) in [5.74, 6) is 0.0928. The summed E-state index contributed by atoms with van der Waals surface area (Å²) in [4.78, 5) is 13.9. The maximum absolute atomic E-state index is 11.8. The minimum atomic E-state index is -0.521. The van der Waals surface area contributed by atoms with Crippen molar-refractivity contribution >= 4 is 6.09 Å². The van der Waals surface area contributed by atoms with Gasteiger partial charge in [-0.15, -0.1) is 0 Å². The molecule has 1 heterocycles. The second-order valence-corrected chi connectivity index (χ2v) is 6.56. The van der Waals surface area contributed by atoms with E-state index in [-0.39, 0.29) is 18.6 Å². The van der Waals surface area contributed by atoms with Crippen LogP contribution in [0.4, 0.5) is 4.79 Å². The van der Waals surface area contributed by atoms with Crippen LogP contribution in [0.5, 0.6) is 0 Å². The summed E-state index contributed by atoms with van der Waals surface area (Å²) >= 11 is 0. The number of amides is 1. The lowest BCUT2D eigenvalue weighted by Gasteiger charge is -2.39. The smallest absolute Gasteiger partial charge is 0.407 e. The third kappa shape index (κ3) is 6.07. The predicted molar refractivity (Wildman–Crippen MR) is 76.5 cm³/mol. The van der Waals surface area contributed by atoms with Gasteiger partial charge in [0.1, 0.15) is 5.60 Å². The highest BCUT2D eigenvalue weighted by Crippen LogP contribution is 2.20. The fraction of sp³-hybridized carbons (Fsp3) is 0.929. The van der Waals surface area contributed by atoms with Crippen molar-refractivity contribution in [1.82, 2.24) is 10.2 Å². The zero-order chi connectivity index (χ0) is 15.3. The van der Waals surface area contributed by atoms with Crippen molar-refractivity contribution in [3.05, 3.63) is 0 Å². The van der Waals surface area contributed by atoms with Crippen molar-refractivity contribution in [3.8, 4) is 0 Å². The maximum atomic E-state index is 11.8. The Balaban J connectivity index is 2.56. The Kier molecular flexibility index (Phi) is 6.23. The van der Waals surface area contributed by atoms with E-state index in [2.05, 4.69) is 10.2 Å². The van der Waals surface area contributed by atoms with E-state index in [1.54, 1.807) is 6.92 Å². The van der Waals surface area contributed by atoms with Gasteiger partial charge in [-0.25, -0.2) is 4.79 Å². The minimum Gasteiger partial charge on any atom is -0.444 e. The van der Waals surface area contributed by atoms with E-state index < -0.39 is 17.8 Å². The molecule has 0 saturated carbocycles. The van der Waals surface area contributed by atoms with E-state index in [4.69, 9.17) is 9.84 Å². The van der Waals surface area contributed by atoms with Gasteiger partial charge >= 0.3 is 6.09 Å². The second kappa shape index (κ2) is 7.24. The molecule has 1 rings (SSSR count). The summed E-state index contributed by atoms with van der Waals surface area (Å²) < 4.78 is 5.25. The predicted octanol–water partition coefficient (Wildman–Crippen LogP) is 0.575. The highest BCUT2D eigenvalue weighted by molar-refractivity contribution is 5.68. The molecule has 1 fully saturated rings. The zero-order valence-corrected chi connectivity index (χ0v) is 12.9. The molecule has 0 aromatic rings. The fourth-order valence-electron chi connectivity index (χ4n) is 2.48. The molecule has 6 heteroatoms. The molecule has 1 amide bonds. The van der Waals surface area contributed by atoms with Gasteiger partial charge in [-0.3, -0.25) is 4.90 Å². The number of aliphatic hydroxyl groups is 2. The lowest BCUT2D eigenvalue weighted by atomic mass is 9.90. The number of hydrogen-bond donors (Lipinski definition) is 3. The molecule has 0 aromatic carbocycles. The highest BCUT2D eigenvalue weighted by Gasteiger charge is 2.31. The van der Waals surface area contributed by atoms with Gasteiger partial charge in [-0.05, 0) is 40.0 Å². The van der Waals surface area contributed by atoms with Crippen LogP contribution < -0.4 is 5.32 Å². The topological polar surface area (TPSA) is 82.0 Å². The number of nitrogens with zero attached hydrogens (tertiary/aromatic N) is 1. The number of aliphatic hydroxyl groups excluding tert-OH is 2. The Labute approximate surface area is 121 Å². The molecule has 1 aliphatic rings. The molecular weight excluding hydrogens is 260 g/mol. The molecule has 3 N–H and O–H groups in total. The first-order chi connectivity index (χ1) is 9.21. The molecule has 1 aliphatic heterocycles. The normalized spacial score (nSPS) is 26.1. The average molecular weight is 288 g/mol. The van der Waals surface area contributed by atoms with Crippen molar-refractivity contribution < 1.29 is 19.7 Å². The van der Waals surface area contributed by atoms with E-state index >= 15 is 0 Å². The summed E-state index contributed by atoms with van der Waals surface area (Å²) in [6, 6.07) is -0.0650. The van der Waals surface area contributed by atoms with Gasteiger partial charge in [-0.2, -0.15) is 0 Å². The Morgan fingerprint density at radius 2 is 2.10 bits per heavy atom. The standard InChI is InChI=1S/C14H28N2O4/c1-10(18)11-7-12(9-16(8-11)5-6-17)15-13(19)20-14(2,3)4/h10-12,17-18H,5-9H2,1-4H3,(H,15,19). The van der Waals surface area contributed by atoms with Crippen LogP contribution in [-0.4, -0.2) is 65.2 Å². The number of carbonyl (C=O) groups excluding carboxylic acids is 1. The minimum absolute atomic E-state index is 0.0650. The van der Waals surface area contributed by atoms with E-state index in [1.807, 2.05) is 20.8 Å². The first-order valence-corrected chi connectivity index (χ1v) is 7.22. The second-order valence-electron chi connectivity index (χ2n) is 6.56. The number of β-amino-alcohol motifs (C(OH)–C–C–N with tert-alkyl or cyclic N) is 1. The fourth-order valence-corrected chi connectivity index (χ4v) is 2.48. The number of ether oxygens (including phenoxy) is 1. The number of piperidine rings is 1. The number of likely N-dealkylation sites (tertiary alicyclic amines) is 1. The molecule has 118 valence electrons. The van der Waals surface area contributed by atoms with Crippen molar-refractivity contribution in [3.63, 3.8) is 0 Å². The van der Waals surface area contributed by atoms with Crippen molar-refractivity contribution in [2.45, 2.75) is 51.9 Å². The molecular formula is C14H28N2O4. The monoisotopic (exact) mass is 288 g/mol. The summed E-state index contributed by atoms with van der Waals surface area (Å²) in [7, 11) is 0. The van der Waals surface area contributed by atoms with Gasteiger partial charge in [0.15, 0.2) is 0 Å². The largest absolute Gasteiger partial charge is 0.444 e. The van der Waals surface area contributed by atoms with Gasteiger partial charge in [0.25, 0.3) is 0 Å². The van der Waals surface area contributed by atoms with Gasteiger partial charge < -0.3 is 20.3 Å². The maximum Gasteiger partial charge on any atom is 0.407 e. The Morgan fingerprint density at radius 1 is 1.45 bits per heavy atom. The third-order valence-corrected chi connectivity index (χ3v) is 3.38. The van der Waals surface area contributed by atoms with Gasteiger partial charge in [0.05, 0.1) is 12.7 Å². The van der Waals surface area contributed by atoms with Crippen molar-refractivity contribution in [2.24, 2.45) is 5.92 Å². The number of hydrogen-bond acceptors (Lipinski definition) is 5. The lowest BCUT2D eigenvalue weighted by Crippen LogP contribution is -2.53. The molecule has 0 aromatic heterocycles. The SMILES string of the molecule is CC(O)C1CC(NC(=O)OC(C)(C)C)CN(CCO)C1. The van der Waals surface area contributed by atoms with Gasteiger partial charge in [-0.1, -0.05) is 0 Å². The molecule has 0 spiro atoms. The van der Waals surface area contributed by atoms with Crippen molar-refractivity contribution in [2.75, 3.05) is 26.2 Å². The molecule has 0 radical (unpaired) electrons. The van der Waals surface area contributed by atoms with E-state index in [0.717, 1.165) is 13.0 Å². The number of alkyl carbamates (subject to hydrolysis) is 1. The van der Waals surface area contributed by atoms with E-state index in [0.29, 0.717) is 13.1 Å². The zero-order valence-electron chi connectivity index (χ0n) is 12.9. The first kappa shape index (κ1) is 17.2. The van der Waals surface area contributed by atoms with Crippen LogP contribution in [0.15, 0.2) is 0 Å². The summed E-state index contributed by atoms with van der Waals surface area (Å²) in [6.45, 7) is 9.27. The van der Waals surface area contributed by atoms with Crippen molar-refractivity contribution in [1.29, 1.82) is 0 Å². The Hall–Kier alpha value is -0.850. The van der Waals surface area contributed by atoms with Crippen LogP contribution in [0.2, 0.25) is 0 Å². The lowest BCUT2D eigenvalue weighted by molar-refractivity contribution is 0.0267. The molecule has 1 saturated heterocycles.